The van der Waals surface area contributed by atoms with Crippen molar-refractivity contribution in [3.8, 4) is 0 Å². The van der Waals surface area contributed by atoms with E-state index in [4.69, 9.17) is 11.6 Å². The van der Waals surface area contributed by atoms with Gasteiger partial charge in [-0.25, -0.2) is 8.42 Å². The molecule has 1 aliphatic rings. The summed E-state index contributed by atoms with van der Waals surface area (Å²) in [6.07, 6.45) is -3.49. The third kappa shape index (κ3) is 4.10. The molecule has 1 N–H and O–H groups in total. The highest BCUT2D eigenvalue weighted by Gasteiger charge is 2.33. The number of benzene rings is 2. The SMILES string of the molecule is Cc1cc(NS(=O)(=O)c2cc(C(F)(F)F)ccc2Cl)ccc1N1CCCC1=O. The van der Waals surface area contributed by atoms with Crippen LogP contribution in [0, 0.1) is 6.92 Å². The van der Waals surface area contributed by atoms with Crippen LogP contribution in [0.5, 0.6) is 0 Å². The smallest absolute Gasteiger partial charge is 0.312 e. The number of alkyl halides is 3. The molecule has 1 fully saturated rings. The summed E-state index contributed by atoms with van der Waals surface area (Å²) in [5.74, 6) is -0.00724. The van der Waals surface area contributed by atoms with Crippen molar-refractivity contribution in [2.45, 2.75) is 30.8 Å². The largest absolute Gasteiger partial charge is 0.416 e. The molecule has 3 rings (SSSR count). The van der Waals surface area contributed by atoms with E-state index >= 15 is 0 Å². The zero-order valence-electron chi connectivity index (χ0n) is 14.7. The fourth-order valence-electron chi connectivity index (χ4n) is 3.02. The maximum Gasteiger partial charge on any atom is 0.416 e. The van der Waals surface area contributed by atoms with Crippen molar-refractivity contribution in [2.24, 2.45) is 0 Å². The van der Waals surface area contributed by atoms with E-state index in [-0.39, 0.29) is 16.6 Å². The topological polar surface area (TPSA) is 66.5 Å². The molecule has 1 aliphatic heterocycles. The Balaban J connectivity index is 1.91. The van der Waals surface area contributed by atoms with Crippen LogP contribution in [-0.2, 0) is 21.0 Å². The number of hydrogen-bond donors (Lipinski definition) is 1. The van der Waals surface area contributed by atoms with Gasteiger partial charge in [0.15, 0.2) is 0 Å². The molecule has 1 saturated heterocycles. The molecule has 10 heteroatoms. The molecule has 0 radical (unpaired) electrons. The van der Waals surface area contributed by atoms with Gasteiger partial charge >= 0.3 is 6.18 Å². The van der Waals surface area contributed by atoms with E-state index in [1.54, 1.807) is 17.9 Å². The maximum absolute atomic E-state index is 12.9. The molecule has 2 aromatic rings. The average molecular weight is 433 g/mol. The quantitative estimate of drug-likeness (QED) is 0.768. The minimum atomic E-state index is -4.70. The maximum atomic E-state index is 12.9. The zero-order chi connectivity index (χ0) is 20.7. The lowest BCUT2D eigenvalue weighted by molar-refractivity contribution is -0.137. The predicted octanol–water partition coefficient (Wildman–Crippen LogP) is 4.59. The number of anilines is 2. The van der Waals surface area contributed by atoms with Crippen LogP contribution >= 0.6 is 11.6 Å². The number of halogens is 4. The predicted molar refractivity (Wildman–Crippen MR) is 100 cm³/mol. The van der Waals surface area contributed by atoms with Gasteiger partial charge in [0.25, 0.3) is 10.0 Å². The normalized spacial score (nSPS) is 15.2. The number of hydrogen-bond acceptors (Lipinski definition) is 3. The fraction of sp³-hybridized carbons (Fsp3) is 0.278. The van der Waals surface area contributed by atoms with E-state index in [9.17, 15) is 26.4 Å². The van der Waals surface area contributed by atoms with Crippen molar-refractivity contribution >= 4 is 38.9 Å². The van der Waals surface area contributed by atoms with Crippen molar-refractivity contribution in [2.75, 3.05) is 16.2 Å². The Morgan fingerprint density at radius 1 is 1.14 bits per heavy atom. The highest BCUT2D eigenvalue weighted by Crippen LogP contribution is 2.34. The second-order valence-electron chi connectivity index (χ2n) is 6.40. The first-order chi connectivity index (χ1) is 13.0. The highest BCUT2D eigenvalue weighted by molar-refractivity contribution is 7.92. The second-order valence-corrected chi connectivity index (χ2v) is 8.46. The highest BCUT2D eigenvalue weighted by atomic mass is 35.5. The van der Waals surface area contributed by atoms with Crippen LogP contribution in [0.1, 0.15) is 24.0 Å². The van der Waals surface area contributed by atoms with Crippen molar-refractivity contribution in [3.05, 3.63) is 52.5 Å². The summed E-state index contributed by atoms with van der Waals surface area (Å²) in [6.45, 7) is 2.31. The van der Waals surface area contributed by atoms with E-state index < -0.39 is 26.7 Å². The molecule has 0 atom stereocenters. The zero-order valence-corrected chi connectivity index (χ0v) is 16.2. The summed E-state index contributed by atoms with van der Waals surface area (Å²) in [5, 5.41) is -0.323. The van der Waals surface area contributed by atoms with E-state index in [1.165, 1.54) is 12.1 Å². The monoisotopic (exact) mass is 432 g/mol. The molecule has 2 aromatic carbocycles. The molecule has 0 aromatic heterocycles. The van der Waals surface area contributed by atoms with Gasteiger partial charge in [-0.15, -0.1) is 0 Å². The first kappa shape index (κ1) is 20.5. The second kappa shape index (κ2) is 7.29. The summed E-state index contributed by atoms with van der Waals surface area (Å²) in [4.78, 5) is 12.8. The van der Waals surface area contributed by atoms with Crippen LogP contribution < -0.4 is 9.62 Å². The number of carbonyl (C=O) groups is 1. The molecule has 1 heterocycles. The number of carbonyl (C=O) groups excluding carboxylic acids is 1. The van der Waals surface area contributed by atoms with Gasteiger partial charge in [0.05, 0.1) is 10.6 Å². The summed E-state index contributed by atoms with van der Waals surface area (Å²) >= 11 is 5.83. The number of amides is 1. The van der Waals surface area contributed by atoms with Gasteiger partial charge in [0.2, 0.25) is 5.91 Å². The first-order valence-electron chi connectivity index (χ1n) is 8.29. The molecule has 150 valence electrons. The molecule has 0 bridgehead atoms. The Kier molecular flexibility index (Phi) is 5.33. The van der Waals surface area contributed by atoms with E-state index in [0.29, 0.717) is 36.3 Å². The Morgan fingerprint density at radius 3 is 2.43 bits per heavy atom. The molecule has 28 heavy (non-hydrogen) atoms. The molecular weight excluding hydrogens is 417 g/mol. The van der Waals surface area contributed by atoms with Gasteiger partial charge in [0.1, 0.15) is 4.90 Å². The van der Waals surface area contributed by atoms with Gasteiger partial charge < -0.3 is 4.90 Å². The lowest BCUT2D eigenvalue weighted by Crippen LogP contribution is -2.24. The van der Waals surface area contributed by atoms with Gasteiger partial charge in [-0.05, 0) is 55.3 Å². The first-order valence-corrected chi connectivity index (χ1v) is 10.2. The molecule has 1 amide bonds. The van der Waals surface area contributed by atoms with Crippen LogP contribution in [0.25, 0.3) is 0 Å². The van der Waals surface area contributed by atoms with Gasteiger partial charge in [0, 0.05) is 24.3 Å². The Hall–Kier alpha value is -2.26. The van der Waals surface area contributed by atoms with Crippen molar-refractivity contribution in [1.82, 2.24) is 0 Å². The van der Waals surface area contributed by atoms with Gasteiger partial charge in [-0.1, -0.05) is 11.6 Å². The minimum absolute atomic E-state index is 0.00724. The summed E-state index contributed by atoms with van der Waals surface area (Å²) in [7, 11) is -4.35. The summed E-state index contributed by atoms with van der Waals surface area (Å²) in [5.41, 5.74) is 0.367. The summed E-state index contributed by atoms with van der Waals surface area (Å²) in [6, 6.07) is 6.67. The third-order valence-corrected chi connectivity index (χ3v) is 6.22. The van der Waals surface area contributed by atoms with Gasteiger partial charge in [-0.3, -0.25) is 9.52 Å². The number of aryl methyl sites for hydroxylation is 1. The van der Waals surface area contributed by atoms with Crippen molar-refractivity contribution in [3.63, 3.8) is 0 Å². The lowest BCUT2D eigenvalue weighted by Gasteiger charge is -2.19. The summed E-state index contributed by atoms with van der Waals surface area (Å²) < 4.78 is 66.1. The number of nitrogens with zero attached hydrogens (tertiary/aromatic N) is 1. The number of nitrogens with one attached hydrogen (secondary N) is 1. The van der Waals surface area contributed by atoms with Crippen LogP contribution in [0.2, 0.25) is 5.02 Å². The van der Waals surface area contributed by atoms with Crippen LogP contribution in [0.15, 0.2) is 41.3 Å². The minimum Gasteiger partial charge on any atom is -0.312 e. The van der Waals surface area contributed by atoms with Crippen LogP contribution in [0.4, 0.5) is 24.5 Å². The standard InChI is InChI=1S/C18H16ClF3N2O3S/c1-11-9-13(5-7-15(11)24-8-2-3-17(24)25)23-28(26,27)16-10-12(18(20,21)22)4-6-14(16)19/h4-7,9-10,23H,2-3,8H2,1H3. The molecular formula is C18H16ClF3N2O3S. The number of sulfonamides is 1. The fourth-order valence-corrected chi connectivity index (χ4v) is 4.60. The third-order valence-electron chi connectivity index (χ3n) is 4.36. The Morgan fingerprint density at radius 2 is 1.86 bits per heavy atom. The number of rotatable bonds is 4. The Bertz CT molecular complexity index is 1040. The van der Waals surface area contributed by atoms with Crippen molar-refractivity contribution < 1.29 is 26.4 Å². The average Bonchev–Trinajstić information content (AvgIpc) is 2.99. The van der Waals surface area contributed by atoms with E-state index in [0.717, 1.165) is 12.5 Å². The van der Waals surface area contributed by atoms with E-state index in [1.807, 2.05) is 0 Å². The molecule has 0 aliphatic carbocycles. The van der Waals surface area contributed by atoms with Crippen LogP contribution in [0.3, 0.4) is 0 Å². The Labute approximate surface area is 165 Å². The van der Waals surface area contributed by atoms with Gasteiger partial charge in [-0.2, -0.15) is 13.2 Å². The molecule has 5 nitrogen and oxygen atoms in total. The van der Waals surface area contributed by atoms with Crippen molar-refractivity contribution in [1.29, 1.82) is 0 Å². The molecule has 0 unspecified atom stereocenters. The molecule has 0 spiro atoms. The molecule has 0 saturated carbocycles. The van der Waals surface area contributed by atoms with E-state index in [2.05, 4.69) is 4.72 Å². The van der Waals surface area contributed by atoms with Crippen LogP contribution in [-0.4, -0.2) is 20.9 Å². The lowest BCUT2D eigenvalue weighted by atomic mass is 10.1.